The van der Waals surface area contributed by atoms with Crippen LogP contribution in [0.5, 0.6) is 0 Å². The molecule has 0 spiro atoms. The molecule has 0 radical (unpaired) electrons. The highest BCUT2D eigenvalue weighted by atomic mass is 35.5. The van der Waals surface area contributed by atoms with E-state index in [-0.39, 0.29) is 11.3 Å². The monoisotopic (exact) mass is 443 g/mol. The fraction of sp³-hybridized carbons (Fsp3) is 0.100. The van der Waals surface area contributed by atoms with Crippen molar-refractivity contribution in [2.75, 3.05) is 11.2 Å². The van der Waals surface area contributed by atoms with E-state index < -0.39 is 17.7 Å². The Labute approximate surface area is 179 Å². The molecule has 1 saturated heterocycles. The second-order valence-electron chi connectivity index (χ2n) is 6.14. The zero-order valence-corrected chi connectivity index (χ0v) is 17.5. The number of Topliss-reactive ketones (excluding diaryl/α,β-unsaturated/α-hetero) is 1. The Bertz CT molecular complexity index is 1110. The van der Waals surface area contributed by atoms with Crippen LogP contribution in [0.4, 0.5) is 5.13 Å². The molecule has 2 aromatic carbocycles. The number of ketones is 1. The maximum Gasteiger partial charge on any atom is 0.301 e. The van der Waals surface area contributed by atoms with Crippen LogP contribution in [0.1, 0.15) is 17.2 Å². The Morgan fingerprint density at radius 2 is 1.79 bits per heavy atom. The predicted molar refractivity (Wildman–Crippen MR) is 114 cm³/mol. The van der Waals surface area contributed by atoms with E-state index in [9.17, 15) is 14.7 Å². The molecule has 0 aliphatic carbocycles. The molecule has 2 heterocycles. The smallest absolute Gasteiger partial charge is 0.301 e. The van der Waals surface area contributed by atoms with Crippen LogP contribution in [0.15, 0.2) is 64.5 Å². The molecule has 4 rings (SSSR count). The number of nitrogens with zero attached hydrogens (tertiary/aromatic N) is 3. The first-order valence-electron chi connectivity index (χ1n) is 8.50. The summed E-state index contributed by atoms with van der Waals surface area (Å²) in [6, 6.07) is 14.7. The van der Waals surface area contributed by atoms with Crippen LogP contribution in [0.25, 0.3) is 5.76 Å². The Kier molecular flexibility index (Phi) is 5.40. The molecule has 1 atom stereocenters. The zero-order chi connectivity index (χ0) is 20.5. The molecule has 1 unspecified atom stereocenters. The van der Waals surface area contributed by atoms with Crippen molar-refractivity contribution in [3.8, 4) is 0 Å². The molecule has 29 heavy (non-hydrogen) atoms. The normalized spacial score (nSPS) is 18.4. The fourth-order valence-corrected chi connectivity index (χ4v) is 4.54. The van der Waals surface area contributed by atoms with Gasteiger partial charge in [-0.3, -0.25) is 14.5 Å². The van der Waals surface area contributed by atoms with Crippen LogP contribution in [0, 0.1) is 0 Å². The highest BCUT2D eigenvalue weighted by molar-refractivity contribution is 8.00. The molecule has 0 bridgehead atoms. The van der Waals surface area contributed by atoms with Gasteiger partial charge in [0.1, 0.15) is 5.76 Å². The van der Waals surface area contributed by atoms with Gasteiger partial charge in [0.15, 0.2) is 4.34 Å². The van der Waals surface area contributed by atoms with Gasteiger partial charge < -0.3 is 5.11 Å². The summed E-state index contributed by atoms with van der Waals surface area (Å²) >= 11 is 8.55. The number of carbonyl (C=O) groups is 2. The van der Waals surface area contributed by atoms with E-state index in [1.165, 1.54) is 28.0 Å². The molecular formula is C20H14ClN3O3S2. The lowest BCUT2D eigenvalue weighted by Crippen LogP contribution is -2.29. The summed E-state index contributed by atoms with van der Waals surface area (Å²) in [5, 5.41) is 19.9. The summed E-state index contributed by atoms with van der Waals surface area (Å²) < 4.78 is 0.673. The molecule has 1 aromatic heterocycles. The molecule has 1 fully saturated rings. The maximum absolute atomic E-state index is 12.9. The van der Waals surface area contributed by atoms with E-state index in [0.717, 1.165) is 0 Å². The summed E-state index contributed by atoms with van der Waals surface area (Å²) in [5.74, 6) is -1.78. The Hall–Kier alpha value is -2.68. The quantitative estimate of drug-likeness (QED) is 0.209. The molecule has 9 heteroatoms. The number of aliphatic hydroxyl groups excluding tert-OH is 1. The first kappa shape index (κ1) is 19.6. The first-order valence-corrected chi connectivity index (χ1v) is 10.9. The van der Waals surface area contributed by atoms with Crippen molar-refractivity contribution in [2.45, 2.75) is 10.4 Å². The second-order valence-corrected chi connectivity index (χ2v) is 8.59. The van der Waals surface area contributed by atoms with Crippen LogP contribution < -0.4 is 4.90 Å². The molecule has 1 N–H and O–H groups in total. The number of benzene rings is 2. The third kappa shape index (κ3) is 3.55. The summed E-state index contributed by atoms with van der Waals surface area (Å²) in [4.78, 5) is 27.2. The lowest BCUT2D eigenvalue weighted by Gasteiger charge is -2.22. The Morgan fingerprint density at radius 1 is 1.10 bits per heavy atom. The molecule has 1 aliphatic rings. The number of hydrogen-bond donors (Lipinski definition) is 1. The molecule has 6 nitrogen and oxygen atoms in total. The molecule has 1 aliphatic heterocycles. The van der Waals surface area contributed by atoms with Crippen LogP contribution in [0.3, 0.4) is 0 Å². The number of aliphatic hydroxyl groups is 1. The van der Waals surface area contributed by atoms with Crippen molar-refractivity contribution in [3.63, 3.8) is 0 Å². The van der Waals surface area contributed by atoms with Crippen LogP contribution in [0.2, 0.25) is 5.02 Å². The number of rotatable bonds is 4. The number of amides is 1. The maximum atomic E-state index is 12.9. The molecule has 1 amide bonds. The number of thioether (sulfide) groups is 1. The van der Waals surface area contributed by atoms with Gasteiger partial charge in [-0.1, -0.05) is 65.0 Å². The lowest BCUT2D eigenvalue weighted by molar-refractivity contribution is -0.132. The number of halogens is 1. The van der Waals surface area contributed by atoms with Gasteiger partial charge in [-0.15, -0.1) is 10.2 Å². The average molecular weight is 444 g/mol. The van der Waals surface area contributed by atoms with E-state index in [1.54, 1.807) is 36.4 Å². The second kappa shape index (κ2) is 7.98. The summed E-state index contributed by atoms with van der Waals surface area (Å²) in [6.45, 7) is 0. The van der Waals surface area contributed by atoms with Crippen LogP contribution >= 0.6 is 34.7 Å². The third-order valence-corrected chi connectivity index (χ3v) is 6.60. The minimum absolute atomic E-state index is 0.00410. The predicted octanol–water partition coefficient (Wildman–Crippen LogP) is 4.54. The average Bonchev–Trinajstić information content (AvgIpc) is 3.31. The lowest BCUT2D eigenvalue weighted by atomic mass is 9.95. The standard InChI is InChI=1S/C20H14ClN3O3S2/c1-28-20-23-22-19(29-20)24-15(11-5-3-2-4-6-11)14(17(26)18(24)27)16(25)12-7-9-13(21)10-8-12/h2-10,15,25H,1H3/b16-14+. The topological polar surface area (TPSA) is 83.4 Å². The zero-order valence-electron chi connectivity index (χ0n) is 15.1. The Balaban J connectivity index is 1.91. The summed E-state index contributed by atoms with van der Waals surface area (Å²) in [6.07, 6.45) is 1.85. The van der Waals surface area contributed by atoms with Gasteiger partial charge in [0, 0.05) is 10.6 Å². The fourth-order valence-electron chi connectivity index (χ4n) is 3.13. The van der Waals surface area contributed by atoms with E-state index in [4.69, 9.17) is 11.6 Å². The van der Waals surface area contributed by atoms with Gasteiger partial charge in [0.2, 0.25) is 5.13 Å². The van der Waals surface area contributed by atoms with Gasteiger partial charge >= 0.3 is 5.91 Å². The van der Waals surface area contributed by atoms with E-state index in [1.807, 2.05) is 24.5 Å². The van der Waals surface area contributed by atoms with Crippen molar-refractivity contribution in [3.05, 3.63) is 76.3 Å². The summed E-state index contributed by atoms with van der Waals surface area (Å²) in [7, 11) is 0. The van der Waals surface area contributed by atoms with Gasteiger partial charge in [-0.25, -0.2) is 0 Å². The highest BCUT2D eigenvalue weighted by Gasteiger charge is 2.48. The van der Waals surface area contributed by atoms with Gasteiger partial charge in [0.25, 0.3) is 5.78 Å². The van der Waals surface area contributed by atoms with Crippen molar-refractivity contribution in [2.24, 2.45) is 0 Å². The number of aromatic nitrogens is 2. The van der Waals surface area contributed by atoms with E-state index in [0.29, 0.717) is 25.6 Å². The minimum atomic E-state index is -0.811. The van der Waals surface area contributed by atoms with Gasteiger partial charge in [0.05, 0.1) is 11.6 Å². The number of hydrogen-bond acceptors (Lipinski definition) is 7. The van der Waals surface area contributed by atoms with E-state index >= 15 is 0 Å². The Morgan fingerprint density at radius 3 is 2.41 bits per heavy atom. The van der Waals surface area contributed by atoms with Crippen molar-refractivity contribution in [1.29, 1.82) is 0 Å². The minimum Gasteiger partial charge on any atom is -0.507 e. The highest BCUT2D eigenvalue weighted by Crippen LogP contribution is 2.43. The summed E-state index contributed by atoms with van der Waals surface area (Å²) in [5.41, 5.74) is 1.09. The van der Waals surface area contributed by atoms with Crippen molar-refractivity contribution in [1.82, 2.24) is 10.2 Å². The van der Waals surface area contributed by atoms with Crippen molar-refractivity contribution >= 4 is 57.3 Å². The number of carbonyl (C=O) groups excluding carboxylic acids is 2. The molecule has 0 saturated carbocycles. The molecule has 146 valence electrons. The SMILES string of the molecule is CSc1nnc(N2C(=O)C(=O)/C(=C(/O)c3ccc(Cl)cc3)C2c2ccccc2)s1. The van der Waals surface area contributed by atoms with Crippen LogP contribution in [-0.2, 0) is 9.59 Å². The van der Waals surface area contributed by atoms with Crippen molar-refractivity contribution < 1.29 is 14.7 Å². The van der Waals surface area contributed by atoms with E-state index in [2.05, 4.69) is 10.2 Å². The van der Waals surface area contributed by atoms with Gasteiger partial charge in [-0.2, -0.15) is 0 Å². The molecular weight excluding hydrogens is 430 g/mol. The van der Waals surface area contributed by atoms with Gasteiger partial charge in [-0.05, 0) is 36.1 Å². The first-order chi connectivity index (χ1) is 14.0. The number of anilines is 1. The molecule has 3 aromatic rings. The third-order valence-electron chi connectivity index (χ3n) is 4.45. The largest absolute Gasteiger partial charge is 0.507 e. The van der Waals surface area contributed by atoms with Crippen LogP contribution in [-0.4, -0.2) is 33.3 Å².